The van der Waals surface area contributed by atoms with Crippen LogP contribution in [0.1, 0.15) is 36.9 Å². The summed E-state index contributed by atoms with van der Waals surface area (Å²) in [6.07, 6.45) is 1.46. The summed E-state index contributed by atoms with van der Waals surface area (Å²) < 4.78 is 25.6. The van der Waals surface area contributed by atoms with Gasteiger partial charge in [-0.05, 0) is 31.4 Å². The lowest BCUT2D eigenvalue weighted by atomic mass is 10.1. The van der Waals surface area contributed by atoms with Crippen LogP contribution in [0, 0.1) is 17.0 Å². The van der Waals surface area contributed by atoms with E-state index in [0.29, 0.717) is 5.56 Å². The molecular formula is C20H25N3O5S. The largest absolute Gasteiger partial charge is 0.350 e. The van der Waals surface area contributed by atoms with Gasteiger partial charge in [-0.15, -0.1) is 0 Å². The lowest BCUT2D eigenvalue weighted by molar-refractivity contribution is -0.384. The zero-order chi connectivity index (χ0) is 21.6. The van der Waals surface area contributed by atoms with Crippen LogP contribution in [0.3, 0.4) is 0 Å². The summed E-state index contributed by atoms with van der Waals surface area (Å²) in [5.74, 6) is -0.189. The van der Waals surface area contributed by atoms with E-state index in [9.17, 15) is 23.3 Å². The number of nitro groups is 1. The maximum Gasteiger partial charge on any atom is 0.271 e. The van der Waals surface area contributed by atoms with E-state index in [-0.39, 0.29) is 42.7 Å². The summed E-state index contributed by atoms with van der Waals surface area (Å²) in [7, 11) is -3.67. The fraction of sp³-hybridized carbons (Fsp3) is 0.350. The van der Waals surface area contributed by atoms with Crippen molar-refractivity contribution in [2.24, 2.45) is 0 Å². The molecular weight excluding hydrogens is 394 g/mol. The molecule has 1 unspecified atom stereocenters. The van der Waals surface area contributed by atoms with Crippen LogP contribution in [0.15, 0.2) is 48.5 Å². The van der Waals surface area contributed by atoms with E-state index in [0.717, 1.165) is 16.1 Å². The highest BCUT2D eigenvalue weighted by Crippen LogP contribution is 2.27. The molecule has 2 aromatic rings. The Morgan fingerprint density at radius 1 is 1.21 bits per heavy atom. The van der Waals surface area contributed by atoms with Gasteiger partial charge in [0.2, 0.25) is 15.9 Å². The number of aryl methyl sites for hydroxylation is 1. The van der Waals surface area contributed by atoms with Crippen molar-refractivity contribution in [3.05, 3.63) is 69.8 Å². The Morgan fingerprint density at radius 2 is 1.86 bits per heavy atom. The highest BCUT2D eigenvalue weighted by atomic mass is 32.2. The zero-order valence-corrected chi connectivity index (χ0v) is 17.5. The maximum absolute atomic E-state index is 12.3. The molecule has 1 atom stereocenters. The number of hydrogen-bond acceptors (Lipinski definition) is 5. The normalized spacial score (nSPS) is 12.2. The second kappa shape index (κ2) is 9.51. The Kier molecular flexibility index (Phi) is 7.33. The first kappa shape index (κ1) is 22.4. The third-order valence-corrected chi connectivity index (χ3v) is 5.69. The molecule has 0 aliphatic carbocycles. The summed E-state index contributed by atoms with van der Waals surface area (Å²) in [5.41, 5.74) is 1.64. The third kappa shape index (κ3) is 6.28. The summed E-state index contributed by atoms with van der Waals surface area (Å²) >= 11 is 0. The first-order chi connectivity index (χ1) is 13.6. The van der Waals surface area contributed by atoms with E-state index in [1.807, 2.05) is 37.3 Å². The fourth-order valence-corrected chi connectivity index (χ4v) is 3.98. The molecule has 0 bridgehead atoms. The fourth-order valence-electron chi connectivity index (χ4n) is 2.97. The summed E-state index contributed by atoms with van der Waals surface area (Å²) in [6, 6.07) is 13.4. The van der Waals surface area contributed by atoms with Crippen molar-refractivity contribution in [1.29, 1.82) is 0 Å². The average molecular weight is 420 g/mol. The number of amides is 1. The molecule has 0 saturated heterocycles. The van der Waals surface area contributed by atoms with Gasteiger partial charge in [0.05, 0.1) is 22.9 Å². The number of nitro benzene ring substituents is 1. The Hall–Kier alpha value is -2.94. The van der Waals surface area contributed by atoms with Crippen LogP contribution in [0.4, 0.5) is 11.4 Å². The van der Waals surface area contributed by atoms with E-state index in [1.54, 1.807) is 6.92 Å². The highest BCUT2D eigenvalue weighted by molar-refractivity contribution is 7.92. The van der Waals surface area contributed by atoms with Gasteiger partial charge < -0.3 is 5.32 Å². The summed E-state index contributed by atoms with van der Waals surface area (Å²) in [6.45, 7) is 3.61. The van der Waals surface area contributed by atoms with E-state index in [2.05, 4.69) is 5.32 Å². The molecule has 0 aliphatic rings. The van der Waals surface area contributed by atoms with Crippen molar-refractivity contribution in [1.82, 2.24) is 5.32 Å². The number of non-ortho nitro benzene ring substituents is 1. The van der Waals surface area contributed by atoms with Crippen molar-refractivity contribution in [3.63, 3.8) is 0 Å². The van der Waals surface area contributed by atoms with E-state index in [1.165, 1.54) is 18.2 Å². The quantitative estimate of drug-likeness (QED) is 0.495. The first-order valence-corrected chi connectivity index (χ1v) is 11.0. The molecule has 1 N–H and O–H groups in total. The molecule has 0 heterocycles. The predicted octanol–water partition coefficient (Wildman–Crippen LogP) is 3.33. The van der Waals surface area contributed by atoms with Gasteiger partial charge in [-0.25, -0.2) is 8.42 Å². The van der Waals surface area contributed by atoms with E-state index < -0.39 is 14.9 Å². The minimum atomic E-state index is -3.67. The van der Waals surface area contributed by atoms with Crippen LogP contribution in [0.5, 0.6) is 0 Å². The monoisotopic (exact) mass is 419 g/mol. The van der Waals surface area contributed by atoms with Crippen molar-refractivity contribution in [2.45, 2.75) is 32.7 Å². The SMILES string of the molecule is Cc1ccc([N+](=O)[O-])cc1N(CCCC(=O)NC(C)c1ccccc1)S(C)(=O)=O. The van der Waals surface area contributed by atoms with Gasteiger partial charge in [-0.1, -0.05) is 36.4 Å². The standard InChI is InChI=1S/C20H25N3O5S/c1-15-11-12-18(23(25)26)14-19(15)22(29(3,27)28)13-7-10-20(24)21-16(2)17-8-5-4-6-9-17/h4-6,8-9,11-12,14,16H,7,10,13H2,1-3H3,(H,21,24). The van der Waals surface area contributed by atoms with Crippen LogP contribution < -0.4 is 9.62 Å². The topological polar surface area (TPSA) is 110 Å². The molecule has 9 heteroatoms. The second-order valence-corrected chi connectivity index (χ2v) is 8.77. The minimum absolute atomic E-state index is 0.0496. The number of sulfonamides is 1. The lowest BCUT2D eigenvalue weighted by Gasteiger charge is -2.24. The highest BCUT2D eigenvalue weighted by Gasteiger charge is 2.22. The Bertz CT molecular complexity index is 977. The van der Waals surface area contributed by atoms with Crippen LogP contribution in [-0.4, -0.2) is 32.0 Å². The molecule has 2 aromatic carbocycles. The molecule has 156 valence electrons. The second-order valence-electron chi connectivity index (χ2n) is 6.87. The van der Waals surface area contributed by atoms with Gasteiger partial charge in [-0.2, -0.15) is 0 Å². The maximum atomic E-state index is 12.3. The number of nitrogens with one attached hydrogen (secondary N) is 1. The molecule has 0 aromatic heterocycles. The number of carbonyl (C=O) groups is 1. The van der Waals surface area contributed by atoms with E-state index in [4.69, 9.17) is 0 Å². The molecule has 1 amide bonds. The number of benzene rings is 2. The minimum Gasteiger partial charge on any atom is -0.350 e. The zero-order valence-electron chi connectivity index (χ0n) is 16.7. The van der Waals surface area contributed by atoms with Gasteiger partial charge in [0.1, 0.15) is 0 Å². The number of hydrogen-bond donors (Lipinski definition) is 1. The summed E-state index contributed by atoms with van der Waals surface area (Å²) in [5, 5.41) is 13.9. The number of carbonyl (C=O) groups excluding carboxylic acids is 1. The van der Waals surface area contributed by atoms with Gasteiger partial charge in [0.25, 0.3) is 5.69 Å². The van der Waals surface area contributed by atoms with Gasteiger partial charge in [0.15, 0.2) is 0 Å². The predicted molar refractivity (Wildman–Crippen MR) is 112 cm³/mol. The number of anilines is 1. The van der Waals surface area contributed by atoms with E-state index >= 15 is 0 Å². The molecule has 0 saturated carbocycles. The van der Waals surface area contributed by atoms with Crippen molar-refractivity contribution in [3.8, 4) is 0 Å². The molecule has 29 heavy (non-hydrogen) atoms. The average Bonchev–Trinajstić information content (AvgIpc) is 2.65. The molecule has 0 aliphatic heterocycles. The number of nitrogens with zero attached hydrogens (tertiary/aromatic N) is 2. The molecule has 8 nitrogen and oxygen atoms in total. The smallest absolute Gasteiger partial charge is 0.271 e. The Balaban J connectivity index is 2.05. The molecule has 0 spiro atoms. The van der Waals surface area contributed by atoms with Gasteiger partial charge in [-0.3, -0.25) is 19.2 Å². The third-order valence-electron chi connectivity index (χ3n) is 4.51. The first-order valence-electron chi connectivity index (χ1n) is 9.16. The molecule has 2 rings (SSSR count). The Morgan fingerprint density at radius 3 is 2.45 bits per heavy atom. The van der Waals surface area contributed by atoms with Gasteiger partial charge >= 0.3 is 0 Å². The van der Waals surface area contributed by atoms with Crippen LogP contribution in [0.2, 0.25) is 0 Å². The Labute approximate surface area is 170 Å². The van der Waals surface area contributed by atoms with Gasteiger partial charge in [0, 0.05) is 25.1 Å². The number of rotatable bonds is 9. The molecule has 0 fully saturated rings. The van der Waals surface area contributed by atoms with Crippen molar-refractivity contribution < 1.29 is 18.1 Å². The summed E-state index contributed by atoms with van der Waals surface area (Å²) in [4.78, 5) is 22.7. The van der Waals surface area contributed by atoms with Crippen molar-refractivity contribution >= 4 is 27.3 Å². The van der Waals surface area contributed by atoms with Crippen LogP contribution in [-0.2, 0) is 14.8 Å². The van der Waals surface area contributed by atoms with Crippen molar-refractivity contribution in [2.75, 3.05) is 17.1 Å². The van der Waals surface area contributed by atoms with Crippen LogP contribution >= 0.6 is 0 Å². The van der Waals surface area contributed by atoms with Crippen LogP contribution in [0.25, 0.3) is 0 Å². The lowest BCUT2D eigenvalue weighted by Crippen LogP contribution is -2.33. The molecule has 0 radical (unpaired) electrons.